The zero-order valence-electron chi connectivity index (χ0n) is 15.4. The van der Waals surface area contributed by atoms with Crippen molar-refractivity contribution in [3.63, 3.8) is 0 Å². The molecule has 0 unspecified atom stereocenters. The van der Waals surface area contributed by atoms with Crippen LogP contribution in [0.4, 0.5) is 4.39 Å². The van der Waals surface area contributed by atoms with Gasteiger partial charge in [0.05, 0.1) is 12.7 Å². The first-order chi connectivity index (χ1) is 14.0. The molecule has 2 aromatic carbocycles. The van der Waals surface area contributed by atoms with E-state index < -0.39 is 5.97 Å². The quantitative estimate of drug-likeness (QED) is 0.497. The minimum absolute atomic E-state index is 0.0407. The number of aromatic carboxylic acids is 1. The molecule has 146 valence electrons. The van der Waals surface area contributed by atoms with Crippen molar-refractivity contribution in [1.29, 1.82) is 0 Å². The van der Waals surface area contributed by atoms with Gasteiger partial charge in [-0.15, -0.1) is 0 Å². The van der Waals surface area contributed by atoms with Crippen LogP contribution in [0.1, 0.15) is 21.6 Å². The molecule has 0 atom stereocenters. The molecule has 2 aromatic heterocycles. The maximum absolute atomic E-state index is 15.4. The highest BCUT2D eigenvalue weighted by Crippen LogP contribution is 2.36. The number of rotatable bonds is 5. The number of carboxylic acids is 1. The fraction of sp³-hybridized carbons (Fsp3) is 0.0909. The Labute approximate surface area is 171 Å². The van der Waals surface area contributed by atoms with Crippen LogP contribution in [0.2, 0.25) is 5.02 Å². The predicted octanol–water partition coefficient (Wildman–Crippen LogP) is 5.09. The number of pyridine rings is 1. The third-order valence-electron chi connectivity index (χ3n) is 4.64. The summed E-state index contributed by atoms with van der Waals surface area (Å²) < 4.78 is 22.4. The summed E-state index contributed by atoms with van der Waals surface area (Å²) in [4.78, 5) is 15.1. The van der Waals surface area contributed by atoms with E-state index in [9.17, 15) is 4.79 Å². The number of ether oxygens (including phenoxy) is 1. The van der Waals surface area contributed by atoms with Crippen molar-refractivity contribution in [3.8, 4) is 16.9 Å². The Morgan fingerprint density at radius 3 is 2.76 bits per heavy atom. The highest BCUT2D eigenvalue weighted by Gasteiger charge is 2.17. The van der Waals surface area contributed by atoms with E-state index in [-0.39, 0.29) is 11.5 Å². The Bertz CT molecular complexity index is 1240. The minimum atomic E-state index is -1.09. The van der Waals surface area contributed by atoms with E-state index >= 15 is 4.39 Å². The van der Waals surface area contributed by atoms with Crippen LogP contribution in [0.25, 0.3) is 16.8 Å². The lowest BCUT2D eigenvalue weighted by molar-refractivity contribution is 0.0691. The predicted molar refractivity (Wildman–Crippen MR) is 108 cm³/mol. The zero-order valence-corrected chi connectivity index (χ0v) is 16.2. The van der Waals surface area contributed by atoms with Crippen LogP contribution in [0.15, 0.2) is 60.9 Å². The number of carboxylic acid groups (broad SMARTS) is 1. The topological polar surface area (TPSA) is 63.8 Å². The maximum Gasteiger partial charge on any atom is 0.356 e. The van der Waals surface area contributed by atoms with Gasteiger partial charge in [-0.25, -0.2) is 14.2 Å². The molecule has 0 aliphatic heterocycles. The molecule has 4 rings (SSSR count). The molecule has 0 saturated carbocycles. The molecule has 0 saturated heterocycles. The number of halogens is 2. The Balaban J connectivity index is 1.75. The molecule has 0 aliphatic rings. The molecule has 5 nitrogen and oxygen atoms in total. The molecule has 1 N–H and O–H groups in total. The summed E-state index contributed by atoms with van der Waals surface area (Å²) in [6.45, 7) is 0. The van der Waals surface area contributed by atoms with Crippen LogP contribution in [0.3, 0.4) is 0 Å². The van der Waals surface area contributed by atoms with Gasteiger partial charge in [-0.1, -0.05) is 35.9 Å². The van der Waals surface area contributed by atoms with E-state index in [1.807, 2.05) is 0 Å². The molecule has 7 heteroatoms. The van der Waals surface area contributed by atoms with Crippen LogP contribution in [0.5, 0.6) is 5.75 Å². The summed E-state index contributed by atoms with van der Waals surface area (Å²) >= 11 is 6.08. The first kappa shape index (κ1) is 19.0. The van der Waals surface area contributed by atoms with Gasteiger partial charge in [0.2, 0.25) is 0 Å². The molecule has 0 spiro atoms. The smallest absolute Gasteiger partial charge is 0.356 e. The van der Waals surface area contributed by atoms with Gasteiger partial charge in [-0.3, -0.25) is 0 Å². The second-order valence-corrected chi connectivity index (χ2v) is 6.97. The average Bonchev–Trinajstić information content (AvgIpc) is 3.13. The van der Waals surface area contributed by atoms with Gasteiger partial charge >= 0.3 is 5.97 Å². The van der Waals surface area contributed by atoms with Crippen LogP contribution >= 0.6 is 11.6 Å². The SMILES string of the molecule is COc1ccc(Cc2ccc3nc(C(=O)O)cn3c2)c(F)c1-c1cccc(Cl)c1. The van der Waals surface area contributed by atoms with E-state index in [4.69, 9.17) is 21.4 Å². The standard InChI is InChI=1S/C22H16ClFN2O3/c1-29-18-7-6-15(21(24)20(18)14-3-2-4-16(23)10-14)9-13-5-8-19-25-17(22(27)28)12-26(19)11-13/h2-8,10-12H,9H2,1H3,(H,27,28). The number of fused-ring (bicyclic) bond motifs is 1. The Kier molecular flexibility index (Phi) is 4.94. The highest BCUT2D eigenvalue weighted by atomic mass is 35.5. The van der Waals surface area contributed by atoms with E-state index in [1.165, 1.54) is 13.3 Å². The number of nitrogens with zero attached hydrogens (tertiary/aromatic N) is 2. The molecule has 0 amide bonds. The summed E-state index contributed by atoms with van der Waals surface area (Å²) in [5.74, 6) is -1.06. The fourth-order valence-electron chi connectivity index (χ4n) is 3.29. The zero-order chi connectivity index (χ0) is 20.5. The van der Waals surface area contributed by atoms with Crippen molar-refractivity contribution in [2.75, 3.05) is 7.11 Å². The number of methoxy groups -OCH3 is 1. The number of carbonyl (C=O) groups is 1. The number of aromatic nitrogens is 2. The van der Waals surface area contributed by atoms with Crippen molar-refractivity contribution >= 4 is 23.2 Å². The number of hydrogen-bond donors (Lipinski definition) is 1. The Morgan fingerprint density at radius 2 is 2.03 bits per heavy atom. The lowest BCUT2D eigenvalue weighted by Crippen LogP contribution is -1.99. The van der Waals surface area contributed by atoms with Crippen molar-refractivity contribution in [1.82, 2.24) is 9.38 Å². The van der Waals surface area contributed by atoms with Gasteiger partial charge < -0.3 is 14.2 Å². The van der Waals surface area contributed by atoms with E-state index in [0.29, 0.717) is 39.5 Å². The third-order valence-corrected chi connectivity index (χ3v) is 4.88. The van der Waals surface area contributed by atoms with Gasteiger partial charge in [0.25, 0.3) is 0 Å². The summed E-state index contributed by atoms with van der Waals surface area (Å²) in [6, 6.07) is 13.9. The number of imidazole rings is 1. The van der Waals surface area contributed by atoms with Gasteiger partial charge in [-0.05, 0) is 41.0 Å². The number of hydrogen-bond acceptors (Lipinski definition) is 3. The lowest BCUT2D eigenvalue weighted by Gasteiger charge is -2.14. The first-order valence-corrected chi connectivity index (χ1v) is 9.16. The summed E-state index contributed by atoms with van der Waals surface area (Å²) in [7, 11) is 1.50. The molecular formula is C22H16ClFN2O3. The lowest BCUT2D eigenvalue weighted by atomic mass is 9.97. The van der Waals surface area contributed by atoms with Crippen molar-refractivity contribution in [2.24, 2.45) is 0 Å². The summed E-state index contributed by atoms with van der Waals surface area (Å²) in [5, 5.41) is 9.60. The molecule has 0 fully saturated rings. The van der Waals surface area contributed by atoms with Crippen molar-refractivity contribution in [2.45, 2.75) is 6.42 Å². The minimum Gasteiger partial charge on any atom is -0.496 e. The van der Waals surface area contributed by atoms with Gasteiger partial charge in [0.1, 0.15) is 17.2 Å². The highest BCUT2D eigenvalue weighted by molar-refractivity contribution is 6.30. The Hall–Kier alpha value is -3.38. The fourth-order valence-corrected chi connectivity index (χ4v) is 3.48. The first-order valence-electron chi connectivity index (χ1n) is 8.78. The molecule has 0 aliphatic carbocycles. The Morgan fingerprint density at radius 1 is 1.21 bits per heavy atom. The number of benzene rings is 2. The normalized spacial score (nSPS) is 11.0. The molecule has 4 aromatic rings. The molecule has 0 bridgehead atoms. The molecule has 29 heavy (non-hydrogen) atoms. The largest absolute Gasteiger partial charge is 0.496 e. The van der Waals surface area contributed by atoms with E-state index in [0.717, 1.165) is 5.56 Å². The van der Waals surface area contributed by atoms with E-state index in [2.05, 4.69) is 4.98 Å². The monoisotopic (exact) mass is 410 g/mol. The van der Waals surface area contributed by atoms with Crippen molar-refractivity contribution in [3.05, 3.63) is 88.6 Å². The molecule has 2 heterocycles. The average molecular weight is 411 g/mol. The van der Waals surface area contributed by atoms with Gasteiger partial charge in [0, 0.05) is 23.8 Å². The van der Waals surface area contributed by atoms with Gasteiger partial charge in [-0.2, -0.15) is 0 Å². The molecule has 0 radical (unpaired) electrons. The summed E-state index contributed by atoms with van der Waals surface area (Å²) in [6.07, 6.45) is 3.50. The van der Waals surface area contributed by atoms with Crippen LogP contribution in [0, 0.1) is 5.82 Å². The summed E-state index contributed by atoms with van der Waals surface area (Å²) in [5.41, 5.74) is 2.75. The third kappa shape index (κ3) is 3.67. The molecular weight excluding hydrogens is 395 g/mol. The maximum atomic E-state index is 15.4. The van der Waals surface area contributed by atoms with Crippen LogP contribution < -0.4 is 4.74 Å². The van der Waals surface area contributed by atoms with Gasteiger partial charge in [0.15, 0.2) is 5.69 Å². The van der Waals surface area contributed by atoms with Crippen LogP contribution in [-0.2, 0) is 6.42 Å². The van der Waals surface area contributed by atoms with Crippen LogP contribution in [-0.4, -0.2) is 27.6 Å². The van der Waals surface area contributed by atoms with Crippen molar-refractivity contribution < 1.29 is 19.0 Å². The second-order valence-electron chi connectivity index (χ2n) is 6.54. The van der Waals surface area contributed by atoms with E-state index in [1.54, 1.807) is 59.1 Å². The second kappa shape index (κ2) is 7.56.